The van der Waals surface area contributed by atoms with Gasteiger partial charge in [-0.2, -0.15) is 0 Å². The molecule has 0 amide bonds. The Hall–Kier alpha value is -1.65. The van der Waals surface area contributed by atoms with Crippen LogP contribution in [0.5, 0.6) is 5.75 Å². The predicted molar refractivity (Wildman–Crippen MR) is 70.8 cm³/mol. The van der Waals surface area contributed by atoms with E-state index in [2.05, 4.69) is 0 Å². The van der Waals surface area contributed by atoms with Gasteiger partial charge in [0.25, 0.3) is 0 Å². The van der Waals surface area contributed by atoms with Gasteiger partial charge in [-0.05, 0) is 24.3 Å². The molecule has 0 saturated carbocycles. The maximum atomic E-state index is 13.9. The minimum atomic E-state index is -0.820. The average molecular weight is 297 g/mol. The number of fused-ring (bicyclic) bond motifs is 1. The van der Waals surface area contributed by atoms with Gasteiger partial charge in [0, 0.05) is 28.6 Å². The van der Waals surface area contributed by atoms with Crippen LogP contribution >= 0.6 is 11.6 Å². The van der Waals surface area contributed by atoms with E-state index in [0.29, 0.717) is 11.1 Å². The highest BCUT2D eigenvalue weighted by atomic mass is 35.5. The molecule has 0 spiro atoms. The van der Waals surface area contributed by atoms with Gasteiger partial charge < -0.3 is 9.84 Å². The number of hydrogen-bond acceptors (Lipinski definition) is 2. The Morgan fingerprint density at radius 1 is 1.10 bits per heavy atom. The monoisotopic (exact) mass is 296 g/mol. The highest BCUT2D eigenvalue weighted by Crippen LogP contribution is 2.41. The summed E-state index contributed by atoms with van der Waals surface area (Å²) in [6.07, 6.45) is -1.28. The van der Waals surface area contributed by atoms with Crippen LogP contribution in [0.4, 0.5) is 8.78 Å². The smallest absolute Gasteiger partial charge is 0.131 e. The van der Waals surface area contributed by atoms with Crippen molar-refractivity contribution < 1.29 is 18.6 Å². The standard InChI is InChI=1S/C15H11ClF2O2/c16-8-1-3-10(12(18)5-8)15-7-13(19)11-4-2-9(17)6-14(11)20-15/h1-6,13,15,19H,7H2/t13-,15?/m0/s1. The zero-order chi connectivity index (χ0) is 14.3. The summed E-state index contributed by atoms with van der Waals surface area (Å²) in [7, 11) is 0. The van der Waals surface area contributed by atoms with E-state index in [-0.39, 0.29) is 17.2 Å². The molecule has 0 aromatic heterocycles. The van der Waals surface area contributed by atoms with Crippen LogP contribution in [0.1, 0.15) is 29.8 Å². The first-order chi connectivity index (χ1) is 9.54. The van der Waals surface area contributed by atoms with Crippen LogP contribution in [0.3, 0.4) is 0 Å². The Labute approximate surface area is 119 Å². The van der Waals surface area contributed by atoms with E-state index in [0.717, 1.165) is 0 Å². The predicted octanol–water partition coefficient (Wildman–Crippen LogP) is 4.18. The number of aliphatic hydroxyl groups is 1. The van der Waals surface area contributed by atoms with Gasteiger partial charge in [0.2, 0.25) is 0 Å². The Kier molecular flexibility index (Phi) is 3.36. The molecule has 5 heteroatoms. The highest BCUT2D eigenvalue weighted by Gasteiger charge is 2.29. The molecule has 104 valence electrons. The van der Waals surface area contributed by atoms with Crippen LogP contribution in [0.2, 0.25) is 5.02 Å². The fraction of sp³-hybridized carbons (Fsp3) is 0.200. The maximum absolute atomic E-state index is 13.9. The van der Waals surface area contributed by atoms with Crippen LogP contribution in [0.15, 0.2) is 36.4 Å². The molecule has 2 aromatic rings. The fourth-order valence-corrected chi connectivity index (χ4v) is 2.53. The Morgan fingerprint density at radius 2 is 1.85 bits per heavy atom. The minimum absolute atomic E-state index is 0.206. The molecule has 3 rings (SSSR count). The molecule has 20 heavy (non-hydrogen) atoms. The number of aliphatic hydroxyl groups excluding tert-OH is 1. The van der Waals surface area contributed by atoms with Crippen molar-refractivity contribution >= 4 is 11.6 Å². The van der Waals surface area contributed by atoms with E-state index in [9.17, 15) is 13.9 Å². The van der Waals surface area contributed by atoms with Crippen molar-refractivity contribution in [3.05, 3.63) is 64.2 Å². The summed E-state index contributed by atoms with van der Waals surface area (Å²) in [5.41, 5.74) is 0.806. The molecule has 0 fully saturated rings. The van der Waals surface area contributed by atoms with E-state index < -0.39 is 23.8 Å². The van der Waals surface area contributed by atoms with Crippen molar-refractivity contribution in [1.82, 2.24) is 0 Å². The molecule has 0 radical (unpaired) electrons. The Morgan fingerprint density at radius 3 is 2.60 bits per heavy atom. The van der Waals surface area contributed by atoms with Gasteiger partial charge in [0.05, 0.1) is 6.10 Å². The first-order valence-electron chi connectivity index (χ1n) is 6.13. The van der Waals surface area contributed by atoms with Crippen LogP contribution in [0, 0.1) is 11.6 Å². The van der Waals surface area contributed by atoms with Gasteiger partial charge in [0.1, 0.15) is 23.5 Å². The van der Waals surface area contributed by atoms with Gasteiger partial charge >= 0.3 is 0 Å². The largest absolute Gasteiger partial charge is 0.485 e. The summed E-state index contributed by atoms with van der Waals surface area (Å²) in [4.78, 5) is 0. The summed E-state index contributed by atoms with van der Waals surface area (Å²) in [6, 6.07) is 8.18. The lowest BCUT2D eigenvalue weighted by Crippen LogP contribution is -2.20. The molecule has 0 bridgehead atoms. The molecule has 1 N–H and O–H groups in total. The second kappa shape index (κ2) is 5.04. The fourth-order valence-electron chi connectivity index (χ4n) is 2.37. The summed E-state index contributed by atoms with van der Waals surface area (Å²) in [5.74, 6) is -0.731. The van der Waals surface area contributed by atoms with Crippen LogP contribution in [0.25, 0.3) is 0 Å². The van der Waals surface area contributed by atoms with Gasteiger partial charge in [0.15, 0.2) is 0 Å². The lowest BCUT2D eigenvalue weighted by atomic mass is 9.95. The summed E-state index contributed by atoms with van der Waals surface area (Å²) in [6.45, 7) is 0. The molecule has 0 saturated heterocycles. The Balaban J connectivity index is 1.98. The lowest BCUT2D eigenvalue weighted by molar-refractivity contribution is 0.0637. The molecule has 0 aliphatic carbocycles. The van der Waals surface area contributed by atoms with Crippen molar-refractivity contribution in [2.75, 3.05) is 0 Å². The second-order valence-electron chi connectivity index (χ2n) is 4.71. The number of hydrogen-bond donors (Lipinski definition) is 1. The molecular weight excluding hydrogens is 286 g/mol. The van der Waals surface area contributed by atoms with Gasteiger partial charge in [-0.25, -0.2) is 8.78 Å². The topological polar surface area (TPSA) is 29.5 Å². The van der Waals surface area contributed by atoms with Gasteiger partial charge in [-0.1, -0.05) is 17.7 Å². The van der Waals surface area contributed by atoms with Gasteiger partial charge in [-0.3, -0.25) is 0 Å². The number of rotatable bonds is 1. The van der Waals surface area contributed by atoms with E-state index in [1.807, 2.05) is 0 Å². The zero-order valence-electron chi connectivity index (χ0n) is 10.3. The molecule has 1 aliphatic heterocycles. The molecular formula is C15H11ClF2O2. The van der Waals surface area contributed by atoms with E-state index in [4.69, 9.17) is 16.3 Å². The summed E-state index contributed by atoms with van der Waals surface area (Å²) < 4.78 is 32.7. The van der Waals surface area contributed by atoms with Crippen LogP contribution in [-0.2, 0) is 0 Å². The summed E-state index contributed by atoms with van der Waals surface area (Å²) in [5, 5.41) is 10.4. The van der Waals surface area contributed by atoms with Crippen LogP contribution in [-0.4, -0.2) is 5.11 Å². The molecule has 1 heterocycles. The average Bonchev–Trinajstić information content (AvgIpc) is 2.37. The van der Waals surface area contributed by atoms with Crippen molar-refractivity contribution in [2.24, 2.45) is 0 Å². The lowest BCUT2D eigenvalue weighted by Gasteiger charge is -2.30. The number of ether oxygens (including phenoxy) is 1. The SMILES string of the molecule is O[C@H]1CC(c2ccc(Cl)cc2F)Oc2cc(F)ccc21. The molecule has 1 aliphatic rings. The van der Waals surface area contributed by atoms with Crippen molar-refractivity contribution in [3.8, 4) is 5.75 Å². The Bertz CT molecular complexity index is 660. The van der Waals surface area contributed by atoms with Crippen molar-refractivity contribution in [2.45, 2.75) is 18.6 Å². The number of halogens is 3. The third-order valence-electron chi connectivity index (χ3n) is 3.35. The first-order valence-corrected chi connectivity index (χ1v) is 6.51. The van der Waals surface area contributed by atoms with E-state index in [1.54, 1.807) is 6.07 Å². The third kappa shape index (κ3) is 2.37. The summed E-state index contributed by atoms with van der Waals surface area (Å²) >= 11 is 5.71. The second-order valence-corrected chi connectivity index (χ2v) is 5.14. The highest BCUT2D eigenvalue weighted by molar-refractivity contribution is 6.30. The zero-order valence-corrected chi connectivity index (χ0v) is 11.1. The quantitative estimate of drug-likeness (QED) is 0.855. The molecule has 2 nitrogen and oxygen atoms in total. The van der Waals surface area contributed by atoms with Gasteiger partial charge in [-0.15, -0.1) is 0 Å². The maximum Gasteiger partial charge on any atom is 0.131 e. The molecule has 1 unspecified atom stereocenters. The molecule has 2 aromatic carbocycles. The van der Waals surface area contributed by atoms with Crippen molar-refractivity contribution in [1.29, 1.82) is 0 Å². The molecule has 2 atom stereocenters. The van der Waals surface area contributed by atoms with E-state index >= 15 is 0 Å². The van der Waals surface area contributed by atoms with E-state index in [1.165, 1.54) is 30.3 Å². The van der Waals surface area contributed by atoms with Crippen molar-refractivity contribution in [3.63, 3.8) is 0 Å². The number of benzene rings is 2. The van der Waals surface area contributed by atoms with Crippen LogP contribution < -0.4 is 4.74 Å². The normalized spacial score (nSPS) is 21.2. The minimum Gasteiger partial charge on any atom is -0.485 e. The third-order valence-corrected chi connectivity index (χ3v) is 3.59. The first kappa shape index (κ1) is 13.3.